The highest BCUT2D eigenvalue weighted by molar-refractivity contribution is 5.46. The number of allylic oxidation sites excluding steroid dienone is 4. The van der Waals surface area contributed by atoms with Crippen molar-refractivity contribution in [2.45, 2.75) is 43.9 Å². The molecule has 1 unspecified atom stereocenters. The second-order valence-corrected chi connectivity index (χ2v) is 7.30. The average molecular weight is 381 g/mol. The number of halogens is 1. The number of hydrogen-bond acceptors (Lipinski definition) is 6. The van der Waals surface area contributed by atoms with E-state index in [1.54, 1.807) is 30.2 Å². The molecule has 28 heavy (non-hydrogen) atoms. The Balaban J connectivity index is 1.54. The minimum absolute atomic E-state index is 0.157. The van der Waals surface area contributed by atoms with Gasteiger partial charge in [-0.05, 0) is 30.9 Å². The lowest BCUT2D eigenvalue weighted by Gasteiger charge is -2.27. The lowest BCUT2D eigenvalue weighted by molar-refractivity contribution is 0.214. The minimum Gasteiger partial charge on any atom is -0.468 e. The van der Waals surface area contributed by atoms with E-state index in [1.165, 1.54) is 17.0 Å². The van der Waals surface area contributed by atoms with Gasteiger partial charge in [0.1, 0.15) is 6.33 Å². The zero-order valence-corrected chi connectivity index (χ0v) is 15.5. The van der Waals surface area contributed by atoms with Gasteiger partial charge in [-0.15, -0.1) is 15.3 Å². The largest absolute Gasteiger partial charge is 0.468 e. The number of hydrogen-bond donors (Lipinski definition) is 0. The summed E-state index contributed by atoms with van der Waals surface area (Å²) in [6, 6.07) is 1.92. The monoisotopic (exact) mass is 381 g/mol. The average Bonchev–Trinajstić information content (AvgIpc) is 3.25. The molecular formula is C19H20FN7O. The fourth-order valence-electron chi connectivity index (χ4n) is 3.56. The molecule has 8 nitrogen and oxygen atoms in total. The van der Waals surface area contributed by atoms with Crippen molar-refractivity contribution in [3.63, 3.8) is 0 Å². The van der Waals surface area contributed by atoms with Gasteiger partial charge in [0.2, 0.25) is 5.88 Å². The third-order valence-corrected chi connectivity index (χ3v) is 5.31. The Labute approximate surface area is 160 Å². The molecule has 0 bridgehead atoms. The van der Waals surface area contributed by atoms with Gasteiger partial charge >= 0.3 is 0 Å². The van der Waals surface area contributed by atoms with Gasteiger partial charge in [0, 0.05) is 19.0 Å². The zero-order valence-electron chi connectivity index (χ0n) is 15.5. The molecule has 0 amide bonds. The topological polar surface area (TPSA) is 83.0 Å². The summed E-state index contributed by atoms with van der Waals surface area (Å²) in [6.45, 7) is 0.194. The standard InChI is InChI=1S/C19H20FN7O/c1-26-12-21-15(24-26)11-28-17-14(13-6-5-7-13)10-16-22-23-18(27(16)25-17)19(20)8-3-2-4-9-19/h2-4,8,10,12-13H,5-7,9,11H2,1H3. The molecule has 1 fully saturated rings. The third kappa shape index (κ3) is 2.87. The Morgan fingerprint density at radius 3 is 2.82 bits per heavy atom. The first-order chi connectivity index (χ1) is 13.6. The van der Waals surface area contributed by atoms with Crippen LogP contribution < -0.4 is 4.74 Å². The van der Waals surface area contributed by atoms with Crippen LogP contribution in [0.1, 0.15) is 48.8 Å². The Bertz CT molecular complexity index is 1080. The molecule has 1 atom stereocenters. The van der Waals surface area contributed by atoms with E-state index >= 15 is 4.39 Å². The van der Waals surface area contributed by atoms with Crippen LogP contribution in [0.3, 0.4) is 0 Å². The summed E-state index contributed by atoms with van der Waals surface area (Å²) in [5, 5.41) is 17.1. The van der Waals surface area contributed by atoms with Gasteiger partial charge < -0.3 is 4.74 Å². The quantitative estimate of drug-likeness (QED) is 0.676. The molecule has 0 radical (unpaired) electrons. The molecule has 1 saturated carbocycles. The zero-order chi connectivity index (χ0) is 19.1. The molecule has 3 aromatic rings. The molecule has 3 aromatic heterocycles. The SMILES string of the molecule is Cn1cnc(COc2nn3c(C4(F)C=CC=CC4)nnc3cc2C2CCC2)n1. The van der Waals surface area contributed by atoms with Crippen molar-refractivity contribution in [3.8, 4) is 5.88 Å². The van der Waals surface area contributed by atoms with Crippen LogP contribution in [0.15, 0.2) is 36.7 Å². The van der Waals surface area contributed by atoms with Crippen molar-refractivity contribution in [1.29, 1.82) is 0 Å². The summed E-state index contributed by atoms with van der Waals surface area (Å²) < 4.78 is 24.5. The van der Waals surface area contributed by atoms with Crippen LogP contribution in [0.5, 0.6) is 5.88 Å². The Morgan fingerprint density at radius 2 is 2.14 bits per heavy atom. The summed E-state index contributed by atoms with van der Waals surface area (Å²) in [4.78, 5) is 4.18. The molecule has 9 heteroatoms. The lowest BCUT2D eigenvalue weighted by Crippen LogP contribution is -2.23. The molecule has 0 N–H and O–H groups in total. The molecule has 2 aliphatic carbocycles. The molecule has 144 valence electrons. The van der Waals surface area contributed by atoms with E-state index < -0.39 is 5.67 Å². The van der Waals surface area contributed by atoms with Crippen LogP contribution in [0.2, 0.25) is 0 Å². The van der Waals surface area contributed by atoms with Crippen LogP contribution >= 0.6 is 0 Å². The molecule has 0 aliphatic heterocycles. The van der Waals surface area contributed by atoms with E-state index in [0.29, 0.717) is 23.3 Å². The number of ether oxygens (including phenoxy) is 1. The van der Waals surface area contributed by atoms with Crippen molar-refractivity contribution in [1.82, 2.24) is 34.6 Å². The van der Waals surface area contributed by atoms with Gasteiger partial charge in [0.15, 0.2) is 29.6 Å². The van der Waals surface area contributed by atoms with Crippen molar-refractivity contribution >= 4 is 5.65 Å². The van der Waals surface area contributed by atoms with E-state index in [9.17, 15) is 0 Å². The Hall–Kier alpha value is -3.10. The molecule has 3 heterocycles. The van der Waals surface area contributed by atoms with Gasteiger partial charge in [-0.25, -0.2) is 9.37 Å². The maximum absolute atomic E-state index is 15.4. The van der Waals surface area contributed by atoms with E-state index in [1.807, 2.05) is 12.1 Å². The molecule has 0 saturated heterocycles. The van der Waals surface area contributed by atoms with Crippen LogP contribution in [0, 0.1) is 0 Å². The Kier molecular flexibility index (Phi) is 3.96. The first-order valence-corrected chi connectivity index (χ1v) is 9.40. The highest BCUT2D eigenvalue weighted by Crippen LogP contribution is 2.41. The van der Waals surface area contributed by atoms with Gasteiger partial charge in [-0.2, -0.15) is 9.61 Å². The molecule has 0 aromatic carbocycles. The second kappa shape index (κ2) is 6.50. The van der Waals surface area contributed by atoms with Crippen molar-refractivity contribution in [3.05, 3.63) is 53.9 Å². The van der Waals surface area contributed by atoms with Gasteiger partial charge in [-0.1, -0.05) is 24.6 Å². The van der Waals surface area contributed by atoms with Gasteiger partial charge in [-0.3, -0.25) is 4.68 Å². The minimum atomic E-state index is -1.74. The summed E-state index contributed by atoms with van der Waals surface area (Å²) >= 11 is 0. The second-order valence-electron chi connectivity index (χ2n) is 7.30. The fourth-order valence-corrected chi connectivity index (χ4v) is 3.56. The van der Waals surface area contributed by atoms with E-state index in [2.05, 4.69) is 25.4 Å². The first-order valence-electron chi connectivity index (χ1n) is 9.40. The van der Waals surface area contributed by atoms with Gasteiger partial charge in [0.25, 0.3) is 0 Å². The van der Waals surface area contributed by atoms with Crippen LogP contribution in [0.4, 0.5) is 4.39 Å². The van der Waals surface area contributed by atoms with Crippen molar-refractivity contribution in [2.75, 3.05) is 0 Å². The highest BCUT2D eigenvalue weighted by Gasteiger charge is 2.36. The van der Waals surface area contributed by atoms with Crippen LogP contribution in [-0.4, -0.2) is 34.6 Å². The predicted molar refractivity (Wildman–Crippen MR) is 98.4 cm³/mol. The van der Waals surface area contributed by atoms with Crippen LogP contribution in [0.25, 0.3) is 5.65 Å². The smallest absolute Gasteiger partial charge is 0.235 e. The number of aryl methyl sites for hydroxylation is 1. The molecule has 2 aliphatic rings. The summed E-state index contributed by atoms with van der Waals surface area (Å²) in [5.74, 6) is 1.56. The molecular weight excluding hydrogens is 361 g/mol. The first kappa shape index (κ1) is 17.0. The van der Waals surface area contributed by atoms with Crippen LogP contribution in [-0.2, 0) is 19.3 Å². The highest BCUT2D eigenvalue weighted by atomic mass is 19.1. The molecule has 5 rings (SSSR count). The van der Waals surface area contributed by atoms with E-state index in [0.717, 1.165) is 18.4 Å². The lowest BCUT2D eigenvalue weighted by atomic mass is 9.80. The van der Waals surface area contributed by atoms with Crippen molar-refractivity contribution < 1.29 is 9.13 Å². The number of nitrogens with zero attached hydrogens (tertiary/aromatic N) is 7. The van der Waals surface area contributed by atoms with E-state index in [-0.39, 0.29) is 18.9 Å². The number of rotatable bonds is 5. The fraction of sp³-hybridized carbons (Fsp3) is 0.421. The van der Waals surface area contributed by atoms with E-state index in [4.69, 9.17) is 4.74 Å². The maximum atomic E-state index is 15.4. The number of alkyl halides is 1. The number of fused-ring (bicyclic) bond motifs is 1. The summed E-state index contributed by atoms with van der Waals surface area (Å²) in [6.07, 6.45) is 11.9. The molecule has 0 spiro atoms. The maximum Gasteiger partial charge on any atom is 0.235 e. The van der Waals surface area contributed by atoms with Crippen molar-refractivity contribution in [2.24, 2.45) is 7.05 Å². The summed E-state index contributed by atoms with van der Waals surface area (Å²) in [7, 11) is 1.80. The predicted octanol–water partition coefficient (Wildman–Crippen LogP) is 2.78. The van der Waals surface area contributed by atoms with Gasteiger partial charge in [0.05, 0.1) is 0 Å². The number of aromatic nitrogens is 7. The third-order valence-electron chi connectivity index (χ3n) is 5.31. The summed E-state index contributed by atoms with van der Waals surface area (Å²) in [5.41, 5.74) is -0.222. The normalized spacial score (nSPS) is 21.9. The Morgan fingerprint density at radius 1 is 1.25 bits per heavy atom.